The van der Waals surface area contributed by atoms with Gasteiger partial charge in [-0.25, -0.2) is 4.57 Å². The van der Waals surface area contributed by atoms with Gasteiger partial charge >= 0.3 is 25.7 Å². The standard InChI is InChI=1S/C46H80NO10P/c1-3-5-7-9-11-13-15-17-19-20-21-22-24-26-28-30-32-34-36-38-45(49)57-42(40-55-58(52,53)56-41-43(47)46(50)51)39-54-44(48)37-35-33-31-29-27-25-23-18-16-14-12-10-8-6-4-2/h6,8,12,14,17-19,23,27,29,42-43H,3-5,7,9-11,13,15-16,20-22,24-26,28,30-41,47H2,1-2H3,(H,50,51)(H,52,53)/b8-6-,14-12-,19-17-,23-18-,29-27-/t42-,43+/m1/s1. The minimum absolute atomic E-state index is 0.148. The molecule has 4 N–H and O–H groups in total. The molecule has 58 heavy (non-hydrogen) atoms. The lowest BCUT2D eigenvalue weighted by atomic mass is 10.1. The Kier molecular flexibility index (Phi) is 38.9. The zero-order valence-electron chi connectivity index (χ0n) is 36.1. The van der Waals surface area contributed by atoms with Crippen LogP contribution in [0.25, 0.3) is 0 Å². The number of phosphoric acid groups is 1. The Morgan fingerprint density at radius 3 is 1.50 bits per heavy atom. The van der Waals surface area contributed by atoms with Gasteiger partial charge in [-0.3, -0.25) is 23.4 Å². The Morgan fingerprint density at radius 2 is 0.966 bits per heavy atom. The van der Waals surface area contributed by atoms with Gasteiger partial charge in [-0.15, -0.1) is 0 Å². The number of ether oxygens (including phenoxy) is 2. The van der Waals surface area contributed by atoms with E-state index in [-0.39, 0.29) is 19.4 Å². The third-order valence-corrected chi connectivity index (χ3v) is 10.2. The quantitative estimate of drug-likeness (QED) is 0.0231. The first-order chi connectivity index (χ1) is 28.1. The first-order valence-electron chi connectivity index (χ1n) is 22.3. The molecule has 0 heterocycles. The highest BCUT2D eigenvalue weighted by Gasteiger charge is 2.28. The van der Waals surface area contributed by atoms with Gasteiger partial charge in [0.05, 0.1) is 13.2 Å². The van der Waals surface area contributed by atoms with Crippen LogP contribution in [0.15, 0.2) is 60.8 Å². The Labute approximate surface area is 351 Å². The van der Waals surface area contributed by atoms with Crippen LogP contribution in [0.1, 0.15) is 181 Å². The number of allylic oxidation sites excluding steroid dienone is 10. The number of rotatable bonds is 41. The second-order valence-corrected chi connectivity index (χ2v) is 16.2. The fourth-order valence-electron chi connectivity index (χ4n) is 5.76. The molecule has 0 bridgehead atoms. The summed E-state index contributed by atoms with van der Waals surface area (Å²) in [5, 5.41) is 8.89. The predicted molar refractivity (Wildman–Crippen MR) is 235 cm³/mol. The van der Waals surface area contributed by atoms with Crippen LogP contribution in [0, 0.1) is 0 Å². The number of carbonyl (C=O) groups excluding carboxylic acids is 2. The maximum Gasteiger partial charge on any atom is 0.472 e. The highest BCUT2D eigenvalue weighted by atomic mass is 31.2. The molecule has 12 heteroatoms. The van der Waals surface area contributed by atoms with Gasteiger partial charge in [0.15, 0.2) is 6.10 Å². The van der Waals surface area contributed by atoms with Gasteiger partial charge in [-0.1, -0.05) is 152 Å². The minimum Gasteiger partial charge on any atom is -0.480 e. The smallest absolute Gasteiger partial charge is 0.472 e. The third-order valence-electron chi connectivity index (χ3n) is 9.25. The fraction of sp³-hybridized carbons (Fsp3) is 0.717. The summed E-state index contributed by atoms with van der Waals surface area (Å²) in [5.41, 5.74) is 5.33. The predicted octanol–water partition coefficient (Wildman–Crippen LogP) is 12.0. The van der Waals surface area contributed by atoms with Crippen molar-refractivity contribution in [3.05, 3.63) is 60.8 Å². The number of aliphatic carboxylic acids is 1. The van der Waals surface area contributed by atoms with Crippen LogP contribution in [0.2, 0.25) is 0 Å². The van der Waals surface area contributed by atoms with Crippen molar-refractivity contribution in [2.75, 3.05) is 19.8 Å². The van der Waals surface area contributed by atoms with Gasteiger partial charge in [-0.2, -0.15) is 0 Å². The van der Waals surface area contributed by atoms with Crippen molar-refractivity contribution < 1.29 is 47.5 Å². The second-order valence-electron chi connectivity index (χ2n) is 14.8. The molecule has 0 aliphatic rings. The molecule has 0 saturated heterocycles. The van der Waals surface area contributed by atoms with Gasteiger partial charge in [0.2, 0.25) is 0 Å². The van der Waals surface area contributed by atoms with E-state index in [2.05, 4.69) is 79.1 Å². The first kappa shape index (κ1) is 55.2. The van der Waals surface area contributed by atoms with Gasteiger partial charge < -0.3 is 25.2 Å². The Balaban J connectivity index is 4.39. The number of carbonyl (C=O) groups is 3. The molecule has 0 aliphatic carbocycles. The molecule has 0 aromatic heterocycles. The maximum absolute atomic E-state index is 12.6. The molecule has 3 atom stereocenters. The van der Waals surface area contributed by atoms with Crippen molar-refractivity contribution >= 4 is 25.7 Å². The van der Waals surface area contributed by atoms with Gasteiger partial charge in [-0.05, 0) is 77.0 Å². The molecule has 11 nitrogen and oxygen atoms in total. The van der Waals surface area contributed by atoms with E-state index in [4.69, 9.17) is 24.8 Å². The number of phosphoric ester groups is 1. The lowest BCUT2D eigenvalue weighted by molar-refractivity contribution is -0.161. The molecule has 0 saturated carbocycles. The van der Waals surface area contributed by atoms with E-state index in [1.54, 1.807) is 0 Å². The van der Waals surface area contributed by atoms with E-state index < -0.39 is 51.1 Å². The molecule has 0 fully saturated rings. The van der Waals surface area contributed by atoms with Crippen LogP contribution in [0.4, 0.5) is 0 Å². The Morgan fingerprint density at radius 1 is 0.552 bits per heavy atom. The molecule has 1 unspecified atom stereocenters. The third kappa shape index (κ3) is 40.0. The molecule has 0 aromatic rings. The normalized spacial score (nSPS) is 14.3. The van der Waals surface area contributed by atoms with E-state index in [0.29, 0.717) is 12.8 Å². The lowest BCUT2D eigenvalue weighted by Gasteiger charge is -2.20. The number of carboxylic acids is 1. The van der Waals surface area contributed by atoms with E-state index in [0.717, 1.165) is 57.8 Å². The van der Waals surface area contributed by atoms with Crippen LogP contribution in [-0.2, 0) is 37.5 Å². The molecule has 0 amide bonds. The fourth-order valence-corrected chi connectivity index (χ4v) is 6.53. The summed E-state index contributed by atoms with van der Waals surface area (Å²) in [5.74, 6) is -2.44. The minimum atomic E-state index is -4.73. The van der Waals surface area contributed by atoms with Crippen LogP contribution in [0.3, 0.4) is 0 Å². The molecule has 334 valence electrons. The van der Waals surface area contributed by atoms with Crippen molar-refractivity contribution in [3.63, 3.8) is 0 Å². The van der Waals surface area contributed by atoms with Crippen LogP contribution < -0.4 is 5.73 Å². The summed E-state index contributed by atoms with van der Waals surface area (Å²) >= 11 is 0. The molecule has 0 rings (SSSR count). The number of esters is 2. The van der Waals surface area contributed by atoms with Crippen molar-refractivity contribution in [1.82, 2.24) is 0 Å². The number of hydrogen-bond donors (Lipinski definition) is 3. The van der Waals surface area contributed by atoms with Gasteiger partial charge in [0, 0.05) is 12.8 Å². The highest BCUT2D eigenvalue weighted by Crippen LogP contribution is 2.43. The lowest BCUT2D eigenvalue weighted by Crippen LogP contribution is -2.34. The second kappa shape index (κ2) is 40.9. The van der Waals surface area contributed by atoms with Crippen molar-refractivity contribution in [2.24, 2.45) is 5.73 Å². The molecular formula is C46H80NO10P. The number of nitrogens with two attached hydrogens (primary N) is 1. The van der Waals surface area contributed by atoms with Crippen LogP contribution in [0.5, 0.6) is 0 Å². The SMILES string of the molecule is CC/C=C\C/C=C\C/C=C\C/C=C\CCCCC(=O)OC[C@H](COP(=O)(O)OC[C@H](N)C(=O)O)OC(=O)CCCCCCCCCCC/C=C\CCCCCCCC. The zero-order valence-corrected chi connectivity index (χ0v) is 37.0. The monoisotopic (exact) mass is 838 g/mol. The zero-order chi connectivity index (χ0) is 42.8. The van der Waals surface area contributed by atoms with E-state index >= 15 is 0 Å². The average Bonchev–Trinajstić information content (AvgIpc) is 3.20. The Bertz CT molecular complexity index is 1210. The summed E-state index contributed by atoms with van der Waals surface area (Å²) in [7, 11) is -4.73. The first-order valence-corrected chi connectivity index (χ1v) is 23.8. The van der Waals surface area contributed by atoms with Crippen molar-refractivity contribution in [3.8, 4) is 0 Å². The van der Waals surface area contributed by atoms with Crippen molar-refractivity contribution in [2.45, 2.75) is 193 Å². The Hall–Kier alpha value is -2.82. The van der Waals surface area contributed by atoms with Crippen LogP contribution in [-0.4, -0.2) is 59.9 Å². The number of hydrogen-bond acceptors (Lipinski definition) is 9. The highest BCUT2D eigenvalue weighted by molar-refractivity contribution is 7.47. The van der Waals surface area contributed by atoms with Gasteiger partial charge in [0.1, 0.15) is 12.6 Å². The molecule has 0 radical (unpaired) electrons. The molecule has 0 aromatic carbocycles. The molecular weight excluding hydrogens is 757 g/mol. The maximum atomic E-state index is 12.6. The largest absolute Gasteiger partial charge is 0.480 e. The van der Waals surface area contributed by atoms with E-state index in [9.17, 15) is 23.8 Å². The van der Waals surface area contributed by atoms with Gasteiger partial charge in [0.25, 0.3) is 0 Å². The van der Waals surface area contributed by atoms with E-state index in [1.165, 1.54) is 83.5 Å². The topological polar surface area (TPSA) is 172 Å². The summed E-state index contributed by atoms with van der Waals surface area (Å²) in [4.78, 5) is 46.0. The van der Waals surface area contributed by atoms with Crippen molar-refractivity contribution in [1.29, 1.82) is 0 Å². The number of unbranched alkanes of at least 4 members (excludes halogenated alkanes) is 17. The average molecular weight is 838 g/mol. The molecule has 0 spiro atoms. The van der Waals surface area contributed by atoms with E-state index in [1.807, 2.05) is 0 Å². The summed E-state index contributed by atoms with van der Waals surface area (Å²) in [6, 6.07) is -1.53. The number of carboxylic acid groups (broad SMARTS) is 1. The molecule has 0 aliphatic heterocycles. The summed E-state index contributed by atoms with van der Waals surface area (Å²) < 4.78 is 32.7. The summed E-state index contributed by atoms with van der Waals surface area (Å²) in [6.45, 7) is 2.64. The van der Waals surface area contributed by atoms with Crippen LogP contribution >= 0.6 is 7.82 Å². The summed E-state index contributed by atoms with van der Waals surface area (Å²) in [6.07, 6.45) is 47.2.